The van der Waals surface area contributed by atoms with Crippen LogP contribution in [0.2, 0.25) is 0 Å². The molecule has 0 amide bonds. The molecule has 0 aromatic heterocycles. The second-order valence-corrected chi connectivity index (χ2v) is 8.72. The van der Waals surface area contributed by atoms with Gasteiger partial charge in [0, 0.05) is 12.8 Å². The maximum absolute atomic E-state index is 12.4. The van der Waals surface area contributed by atoms with Crippen molar-refractivity contribution in [1.82, 2.24) is 0 Å². The summed E-state index contributed by atoms with van der Waals surface area (Å²) in [7, 11) is -3.19. The van der Waals surface area contributed by atoms with E-state index >= 15 is 0 Å². The summed E-state index contributed by atoms with van der Waals surface area (Å²) in [5.74, 6) is -0.261. The van der Waals surface area contributed by atoms with Gasteiger partial charge in [0.1, 0.15) is 0 Å². The summed E-state index contributed by atoms with van der Waals surface area (Å²) in [6.45, 7) is 1.75. The predicted molar refractivity (Wildman–Crippen MR) is 89.1 cm³/mol. The van der Waals surface area contributed by atoms with Crippen LogP contribution in [0.4, 0.5) is 0 Å². The van der Waals surface area contributed by atoms with Crippen molar-refractivity contribution in [3.05, 3.63) is 29.8 Å². The van der Waals surface area contributed by atoms with Gasteiger partial charge in [-0.3, -0.25) is 4.79 Å². The summed E-state index contributed by atoms with van der Waals surface area (Å²) < 4.78 is 36.0. The lowest BCUT2D eigenvalue weighted by Gasteiger charge is -2.30. The number of esters is 1. The van der Waals surface area contributed by atoms with Crippen molar-refractivity contribution in [3.63, 3.8) is 0 Å². The van der Waals surface area contributed by atoms with E-state index in [4.69, 9.17) is 9.47 Å². The molecule has 1 saturated heterocycles. The fraction of sp³-hybridized carbons (Fsp3) is 0.611. The van der Waals surface area contributed by atoms with E-state index in [1.54, 1.807) is 19.1 Å². The van der Waals surface area contributed by atoms with E-state index in [1.807, 2.05) is 12.1 Å². The van der Waals surface area contributed by atoms with Crippen LogP contribution >= 0.6 is 0 Å². The zero-order valence-electron chi connectivity index (χ0n) is 13.9. The average molecular weight is 352 g/mol. The smallest absolute Gasteiger partial charge is 0.307 e. The van der Waals surface area contributed by atoms with Gasteiger partial charge in [-0.25, -0.2) is 8.42 Å². The first kappa shape index (κ1) is 17.4. The number of sulfone groups is 1. The molecule has 0 radical (unpaired) electrons. The Labute approximate surface area is 143 Å². The third-order valence-corrected chi connectivity index (χ3v) is 7.12. The molecular formula is C18H24O5S. The molecule has 1 aliphatic heterocycles. The highest BCUT2D eigenvalue weighted by Gasteiger charge is 2.33. The monoisotopic (exact) mass is 352 g/mol. The predicted octanol–water partition coefficient (Wildman–Crippen LogP) is 3.53. The summed E-state index contributed by atoms with van der Waals surface area (Å²) in [6.07, 6.45) is 4.65. The maximum Gasteiger partial charge on any atom is 0.307 e. The van der Waals surface area contributed by atoms with E-state index in [2.05, 4.69) is 0 Å². The number of hydrogen-bond acceptors (Lipinski definition) is 5. The van der Waals surface area contributed by atoms with E-state index in [9.17, 15) is 13.2 Å². The summed E-state index contributed by atoms with van der Waals surface area (Å²) in [5.41, 5.74) is 0.930. The first-order chi connectivity index (χ1) is 11.5. The fourth-order valence-electron chi connectivity index (χ4n) is 3.10. The maximum atomic E-state index is 12.4. The molecule has 1 aromatic rings. The van der Waals surface area contributed by atoms with Crippen LogP contribution in [0.15, 0.2) is 29.2 Å². The minimum atomic E-state index is -3.19. The number of benzene rings is 1. The van der Waals surface area contributed by atoms with Crippen LogP contribution in [0, 0.1) is 0 Å². The van der Waals surface area contributed by atoms with Crippen molar-refractivity contribution < 1.29 is 22.7 Å². The summed E-state index contributed by atoms with van der Waals surface area (Å²) in [4.78, 5) is 11.8. The normalized spacial score (nSPS) is 25.0. The molecule has 24 heavy (non-hydrogen) atoms. The van der Waals surface area contributed by atoms with Crippen molar-refractivity contribution in [2.45, 2.75) is 74.4 Å². The third-order valence-electron chi connectivity index (χ3n) is 4.85. The van der Waals surface area contributed by atoms with Gasteiger partial charge < -0.3 is 9.47 Å². The second kappa shape index (κ2) is 7.23. The molecule has 1 heterocycles. The number of ether oxygens (including phenoxy) is 2. The molecule has 6 heteroatoms. The largest absolute Gasteiger partial charge is 0.436 e. The lowest BCUT2D eigenvalue weighted by atomic mass is 10.00. The highest BCUT2D eigenvalue weighted by Crippen LogP contribution is 2.34. The summed E-state index contributed by atoms with van der Waals surface area (Å²) >= 11 is 0. The van der Waals surface area contributed by atoms with Gasteiger partial charge >= 0.3 is 5.97 Å². The summed E-state index contributed by atoms with van der Waals surface area (Å²) in [6, 6.07) is 6.99. The van der Waals surface area contributed by atoms with Crippen LogP contribution in [0.1, 0.15) is 63.5 Å². The van der Waals surface area contributed by atoms with Crippen LogP contribution in [0.3, 0.4) is 0 Å². The molecule has 1 aliphatic carbocycles. The third kappa shape index (κ3) is 3.64. The quantitative estimate of drug-likeness (QED) is 0.758. The lowest BCUT2D eigenvalue weighted by molar-refractivity contribution is -0.203. The molecule has 2 unspecified atom stereocenters. The van der Waals surface area contributed by atoms with Gasteiger partial charge in [-0.2, -0.15) is 0 Å². The van der Waals surface area contributed by atoms with Gasteiger partial charge in [-0.05, 0) is 43.4 Å². The number of hydrogen-bond donors (Lipinski definition) is 0. The molecule has 3 rings (SSSR count). The van der Waals surface area contributed by atoms with Crippen molar-refractivity contribution >= 4 is 15.8 Å². The second-order valence-electron chi connectivity index (χ2n) is 6.50. The first-order valence-corrected chi connectivity index (χ1v) is 10.2. The Morgan fingerprint density at radius 1 is 1.12 bits per heavy atom. The van der Waals surface area contributed by atoms with E-state index in [-0.39, 0.29) is 17.3 Å². The standard InChI is InChI=1S/C18H24O5S/c1-2-17(19)23-18-8-4-7-16(22-18)13-9-11-15(12-10-13)24(20,21)14-5-3-6-14/h9-12,14,16,18H,2-8H2,1H3. The molecule has 132 valence electrons. The molecule has 1 saturated carbocycles. The van der Waals surface area contributed by atoms with Gasteiger partial charge in [0.05, 0.1) is 16.2 Å². The minimum absolute atomic E-state index is 0.158. The van der Waals surface area contributed by atoms with E-state index in [0.717, 1.165) is 37.7 Å². The Morgan fingerprint density at radius 2 is 1.79 bits per heavy atom. The van der Waals surface area contributed by atoms with Crippen LogP contribution in [0.5, 0.6) is 0 Å². The summed E-state index contributed by atoms with van der Waals surface area (Å²) in [5, 5.41) is -0.216. The van der Waals surface area contributed by atoms with Gasteiger partial charge in [0.15, 0.2) is 9.84 Å². The zero-order valence-corrected chi connectivity index (χ0v) is 14.8. The Bertz CT molecular complexity index is 676. The molecule has 5 nitrogen and oxygen atoms in total. The lowest BCUT2D eigenvalue weighted by Crippen LogP contribution is -2.28. The van der Waals surface area contributed by atoms with E-state index in [1.165, 1.54) is 0 Å². The van der Waals surface area contributed by atoms with Gasteiger partial charge in [-0.15, -0.1) is 0 Å². The minimum Gasteiger partial charge on any atom is -0.436 e. The van der Waals surface area contributed by atoms with Crippen molar-refractivity contribution in [1.29, 1.82) is 0 Å². The molecule has 2 fully saturated rings. The molecule has 0 spiro atoms. The highest BCUT2D eigenvalue weighted by molar-refractivity contribution is 7.92. The van der Waals surface area contributed by atoms with E-state index in [0.29, 0.717) is 17.7 Å². The van der Waals surface area contributed by atoms with Crippen molar-refractivity contribution in [3.8, 4) is 0 Å². The van der Waals surface area contributed by atoms with Crippen molar-refractivity contribution in [2.75, 3.05) is 0 Å². The fourth-order valence-corrected chi connectivity index (χ4v) is 4.95. The Balaban J connectivity index is 1.67. The van der Waals surface area contributed by atoms with Gasteiger partial charge in [0.25, 0.3) is 0 Å². The molecule has 0 N–H and O–H groups in total. The van der Waals surface area contributed by atoms with Crippen LogP contribution in [-0.2, 0) is 24.1 Å². The molecule has 2 atom stereocenters. The molecular weight excluding hydrogens is 328 g/mol. The number of carbonyl (C=O) groups excluding carboxylic acids is 1. The Hall–Kier alpha value is -1.40. The highest BCUT2D eigenvalue weighted by atomic mass is 32.2. The molecule has 0 bridgehead atoms. The van der Waals surface area contributed by atoms with E-state index < -0.39 is 16.1 Å². The Kier molecular flexibility index (Phi) is 5.25. The first-order valence-electron chi connectivity index (χ1n) is 8.69. The molecule has 2 aliphatic rings. The van der Waals surface area contributed by atoms with Crippen LogP contribution in [0.25, 0.3) is 0 Å². The van der Waals surface area contributed by atoms with Crippen molar-refractivity contribution in [2.24, 2.45) is 0 Å². The number of carbonyl (C=O) groups is 1. The van der Waals surface area contributed by atoms with Crippen LogP contribution in [-0.4, -0.2) is 25.9 Å². The van der Waals surface area contributed by atoms with Gasteiger partial charge in [-0.1, -0.05) is 25.5 Å². The Morgan fingerprint density at radius 3 is 2.38 bits per heavy atom. The topological polar surface area (TPSA) is 69.7 Å². The zero-order chi connectivity index (χ0) is 17.2. The molecule has 1 aromatic carbocycles. The number of rotatable bonds is 5. The van der Waals surface area contributed by atoms with Crippen LogP contribution < -0.4 is 0 Å². The SMILES string of the molecule is CCC(=O)OC1CCCC(c2ccc(S(=O)(=O)C3CCC3)cc2)O1. The average Bonchev–Trinajstić information content (AvgIpc) is 2.53. The van der Waals surface area contributed by atoms with Gasteiger partial charge in [0.2, 0.25) is 6.29 Å².